The van der Waals surface area contributed by atoms with Crippen molar-refractivity contribution >= 4 is 6.09 Å². The van der Waals surface area contributed by atoms with Crippen LogP contribution in [0.5, 0.6) is 0 Å². The van der Waals surface area contributed by atoms with Gasteiger partial charge in [0.25, 0.3) is 0 Å². The fraction of sp³-hybridized carbons (Fsp3) is 0.375. The molecule has 0 radical (unpaired) electrons. The fourth-order valence-electron chi connectivity index (χ4n) is 0.502. The van der Waals surface area contributed by atoms with Gasteiger partial charge < -0.3 is 10.5 Å². The molecule has 0 rings (SSSR count). The van der Waals surface area contributed by atoms with Gasteiger partial charge in [0.2, 0.25) is 0 Å². The van der Waals surface area contributed by atoms with Gasteiger partial charge in [-0.05, 0) is 19.9 Å². The molecule has 0 saturated heterocycles. The van der Waals surface area contributed by atoms with E-state index < -0.39 is 11.7 Å². The molecule has 0 aliphatic rings. The molecule has 0 spiro atoms. The largest absolute Gasteiger partial charge is 0.430 e. The zero-order valence-corrected chi connectivity index (χ0v) is 6.68. The SMILES string of the molecule is C=CC#CC(C)(C)OC(N)=O. The van der Waals surface area contributed by atoms with Crippen molar-refractivity contribution in [1.82, 2.24) is 0 Å². The quantitative estimate of drug-likeness (QED) is 0.572. The minimum absolute atomic E-state index is 0.826. The average molecular weight is 153 g/mol. The first kappa shape index (κ1) is 9.57. The molecule has 0 heterocycles. The summed E-state index contributed by atoms with van der Waals surface area (Å²) in [4.78, 5) is 10.3. The van der Waals surface area contributed by atoms with Crippen LogP contribution in [-0.2, 0) is 4.74 Å². The van der Waals surface area contributed by atoms with Crippen molar-refractivity contribution in [2.24, 2.45) is 5.73 Å². The van der Waals surface area contributed by atoms with E-state index in [2.05, 4.69) is 23.2 Å². The summed E-state index contributed by atoms with van der Waals surface area (Å²) in [5.74, 6) is 5.22. The minimum Gasteiger partial charge on any atom is -0.430 e. The van der Waals surface area contributed by atoms with Crippen LogP contribution in [-0.4, -0.2) is 11.7 Å². The molecule has 3 nitrogen and oxygen atoms in total. The highest BCUT2D eigenvalue weighted by molar-refractivity contribution is 5.65. The van der Waals surface area contributed by atoms with Crippen molar-refractivity contribution in [1.29, 1.82) is 0 Å². The molecule has 2 N–H and O–H groups in total. The van der Waals surface area contributed by atoms with Gasteiger partial charge in [-0.25, -0.2) is 4.79 Å². The maximum absolute atomic E-state index is 10.3. The summed E-state index contributed by atoms with van der Waals surface area (Å²) in [6, 6.07) is 0. The summed E-state index contributed by atoms with van der Waals surface area (Å²) in [5, 5.41) is 0. The summed E-state index contributed by atoms with van der Waals surface area (Å²) in [6.45, 7) is 6.69. The fourth-order valence-corrected chi connectivity index (χ4v) is 0.502. The third-order valence-electron chi connectivity index (χ3n) is 0.831. The Bertz CT molecular complexity index is 220. The molecule has 0 bridgehead atoms. The second-order valence-corrected chi connectivity index (χ2v) is 2.40. The van der Waals surface area contributed by atoms with Gasteiger partial charge in [0.1, 0.15) is 0 Å². The van der Waals surface area contributed by atoms with E-state index in [1.807, 2.05) is 0 Å². The van der Waals surface area contributed by atoms with E-state index in [-0.39, 0.29) is 0 Å². The molecule has 60 valence electrons. The number of hydrogen-bond donors (Lipinski definition) is 1. The first-order valence-corrected chi connectivity index (χ1v) is 3.10. The van der Waals surface area contributed by atoms with Gasteiger partial charge in [0.05, 0.1) is 0 Å². The van der Waals surface area contributed by atoms with E-state index in [0.29, 0.717) is 0 Å². The normalized spacial score (nSPS) is 9.27. The van der Waals surface area contributed by atoms with Crippen LogP contribution in [0.4, 0.5) is 4.79 Å². The van der Waals surface area contributed by atoms with Crippen molar-refractivity contribution in [3.63, 3.8) is 0 Å². The van der Waals surface area contributed by atoms with E-state index >= 15 is 0 Å². The maximum atomic E-state index is 10.3. The Balaban J connectivity index is 4.21. The van der Waals surface area contributed by atoms with E-state index in [4.69, 9.17) is 5.73 Å². The van der Waals surface area contributed by atoms with Crippen molar-refractivity contribution in [2.45, 2.75) is 19.4 Å². The number of primary amides is 1. The number of carbonyl (C=O) groups is 1. The van der Waals surface area contributed by atoms with Crippen LogP contribution in [0.1, 0.15) is 13.8 Å². The van der Waals surface area contributed by atoms with Crippen molar-refractivity contribution in [3.05, 3.63) is 12.7 Å². The zero-order chi connectivity index (χ0) is 8.91. The molecule has 0 aliphatic carbocycles. The lowest BCUT2D eigenvalue weighted by molar-refractivity contribution is 0.0865. The Hall–Kier alpha value is -1.43. The van der Waals surface area contributed by atoms with Gasteiger partial charge in [-0.1, -0.05) is 18.4 Å². The molecule has 0 atom stereocenters. The van der Waals surface area contributed by atoms with Crippen LogP contribution in [0, 0.1) is 11.8 Å². The number of allylic oxidation sites excluding steroid dienone is 1. The third-order valence-corrected chi connectivity index (χ3v) is 0.831. The van der Waals surface area contributed by atoms with E-state index in [1.54, 1.807) is 13.8 Å². The number of ether oxygens (including phenoxy) is 1. The van der Waals surface area contributed by atoms with Crippen LogP contribution in [0.2, 0.25) is 0 Å². The first-order chi connectivity index (χ1) is 4.98. The van der Waals surface area contributed by atoms with Crippen LogP contribution in [0.25, 0.3) is 0 Å². The molecule has 11 heavy (non-hydrogen) atoms. The second kappa shape index (κ2) is 3.67. The highest BCUT2D eigenvalue weighted by Gasteiger charge is 2.17. The van der Waals surface area contributed by atoms with E-state index in [1.165, 1.54) is 6.08 Å². The molecule has 1 amide bonds. The Morgan fingerprint density at radius 2 is 2.27 bits per heavy atom. The van der Waals surface area contributed by atoms with Crippen LogP contribution >= 0.6 is 0 Å². The van der Waals surface area contributed by atoms with Gasteiger partial charge >= 0.3 is 6.09 Å². The first-order valence-electron chi connectivity index (χ1n) is 3.10. The van der Waals surface area contributed by atoms with Crippen molar-refractivity contribution < 1.29 is 9.53 Å². The topological polar surface area (TPSA) is 52.3 Å². The number of hydrogen-bond acceptors (Lipinski definition) is 2. The van der Waals surface area contributed by atoms with Crippen LogP contribution in [0.3, 0.4) is 0 Å². The summed E-state index contributed by atoms with van der Waals surface area (Å²) in [7, 11) is 0. The molecule has 0 saturated carbocycles. The highest BCUT2D eigenvalue weighted by Crippen LogP contribution is 2.05. The minimum atomic E-state index is -0.833. The smallest absolute Gasteiger partial charge is 0.406 e. The van der Waals surface area contributed by atoms with Gasteiger partial charge in [-0.2, -0.15) is 0 Å². The van der Waals surface area contributed by atoms with Crippen molar-refractivity contribution in [2.75, 3.05) is 0 Å². The molecular formula is C8H11NO2. The van der Waals surface area contributed by atoms with Crippen LogP contribution in [0.15, 0.2) is 12.7 Å². The number of amides is 1. The molecule has 0 unspecified atom stereocenters. The van der Waals surface area contributed by atoms with Gasteiger partial charge in [0.15, 0.2) is 5.60 Å². The van der Waals surface area contributed by atoms with Crippen molar-refractivity contribution in [3.8, 4) is 11.8 Å². The lowest BCUT2D eigenvalue weighted by Crippen LogP contribution is -2.29. The monoisotopic (exact) mass is 153 g/mol. The standard InChI is InChI=1S/C8H11NO2/c1-4-5-6-8(2,3)11-7(9)10/h4H,1H2,2-3H3,(H2,9,10). The van der Waals surface area contributed by atoms with Gasteiger partial charge in [0, 0.05) is 0 Å². The Kier molecular flexibility index (Phi) is 3.19. The summed E-state index contributed by atoms with van der Waals surface area (Å²) in [6.07, 6.45) is 0.597. The molecule has 0 aromatic rings. The second-order valence-electron chi connectivity index (χ2n) is 2.40. The Labute approximate surface area is 66.2 Å². The van der Waals surface area contributed by atoms with E-state index in [9.17, 15) is 4.79 Å². The number of nitrogens with two attached hydrogens (primary N) is 1. The number of carbonyl (C=O) groups excluding carboxylic acids is 1. The van der Waals surface area contributed by atoms with Gasteiger partial charge in [-0.3, -0.25) is 0 Å². The maximum Gasteiger partial charge on any atom is 0.406 e. The predicted octanol–water partition coefficient (Wildman–Crippen LogP) is 1.05. The molecule has 0 fully saturated rings. The predicted molar refractivity (Wildman–Crippen MR) is 42.7 cm³/mol. The summed E-state index contributed by atoms with van der Waals surface area (Å²) in [5.41, 5.74) is 3.96. The summed E-state index contributed by atoms with van der Waals surface area (Å²) >= 11 is 0. The average Bonchev–Trinajstić information content (AvgIpc) is 1.81. The highest BCUT2D eigenvalue weighted by atomic mass is 16.6. The molecular weight excluding hydrogens is 142 g/mol. The molecule has 0 aliphatic heterocycles. The zero-order valence-electron chi connectivity index (χ0n) is 6.68. The third kappa shape index (κ3) is 5.04. The molecule has 0 aromatic carbocycles. The van der Waals surface area contributed by atoms with Crippen LogP contribution < -0.4 is 5.73 Å². The Morgan fingerprint density at radius 1 is 1.73 bits per heavy atom. The number of rotatable bonds is 1. The Morgan fingerprint density at radius 3 is 2.64 bits per heavy atom. The van der Waals surface area contributed by atoms with Gasteiger partial charge in [-0.15, -0.1) is 0 Å². The molecule has 3 heteroatoms. The molecule has 0 aromatic heterocycles. The lowest BCUT2D eigenvalue weighted by atomic mass is 10.1. The van der Waals surface area contributed by atoms with E-state index in [0.717, 1.165) is 0 Å². The summed E-state index contributed by atoms with van der Waals surface area (Å²) < 4.78 is 4.66. The lowest BCUT2D eigenvalue weighted by Gasteiger charge is -2.16.